The predicted octanol–water partition coefficient (Wildman–Crippen LogP) is 3.67. The quantitative estimate of drug-likeness (QED) is 0.775. The molecule has 1 aromatic rings. The van der Waals surface area contributed by atoms with Crippen LogP contribution in [0.1, 0.15) is 38.1 Å². The molecule has 4 fully saturated rings. The van der Waals surface area contributed by atoms with Crippen molar-refractivity contribution in [3.05, 3.63) is 20.2 Å². The maximum Gasteiger partial charge on any atom is 0.262 e. The van der Waals surface area contributed by atoms with Crippen molar-refractivity contribution in [3.8, 4) is 0 Å². The van der Waals surface area contributed by atoms with E-state index in [0.717, 1.165) is 27.5 Å². The Balaban J connectivity index is 1.75. The van der Waals surface area contributed by atoms with Gasteiger partial charge in [-0.25, -0.2) is 0 Å². The van der Waals surface area contributed by atoms with E-state index in [1.54, 1.807) is 17.6 Å². The van der Waals surface area contributed by atoms with Gasteiger partial charge in [0.15, 0.2) is 0 Å². The summed E-state index contributed by atoms with van der Waals surface area (Å²) in [6.45, 7) is 0. The fourth-order valence-corrected chi connectivity index (χ4v) is 6.43. The molecule has 4 aliphatic rings. The first-order chi connectivity index (χ1) is 8.20. The molecule has 0 unspecified atom stereocenters. The zero-order valence-electron chi connectivity index (χ0n) is 9.64. The van der Waals surface area contributed by atoms with E-state index in [1.165, 1.54) is 32.1 Å². The van der Waals surface area contributed by atoms with Crippen LogP contribution in [0.4, 0.5) is 0 Å². The van der Waals surface area contributed by atoms with E-state index in [-0.39, 0.29) is 5.56 Å². The summed E-state index contributed by atoms with van der Waals surface area (Å²) in [5.41, 5.74) is 0.208. The molecule has 17 heavy (non-hydrogen) atoms. The zero-order valence-corrected chi connectivity index (χ0v) is 12.0. The van der Waals surface area contributed by atoms with Gasteiger partial charge in [-0.2, -0.15) is 0 Å². The summed E-state index contributed by atoms with van der Waals surface area (Å²) >= 11 is 5.06. The molecule has 0 saturated heterocycles. The third-order valence-electron chi connectivity index (χ3n) is 5.09. The number of nitrogens with zero attached hydrogens (tertiary/aromatic N) is 1. The van der Waals surface area contributed by atoms with Crippen molar-refractivity contribution in [2.24, 2.45) is 23.7 Å². The first-order valence-electron chi connectivity index (χ1n) is 6.59. The summed E-state index contributed by atoms with van der Waals surface area (Å²) in [4.78, 5) is 12.0. The molecular formula is C13H16BrNOS. The molecule has 0 aromatic carbocycles. The van der Waals surface area contributed by atoms with Crippen LogP contribution in [-0.2, 0) is 0 Å². The molecule has 5 rings (SSSR count). The average Bonchev–Trinajstić information content (AvgIpc) is 2.56. The minimum absolute atomic E-state index is 0.208. The predicted molar refractivity (Wildman–Crippen MR) is 72.4 cm³/mol. The molecule has 0 spiro atoms. The maximum absolute atomic E-state index is 12.0. The van der Waals surface area contributed by atoms with Crippen molar-refractivity contribution < 1.29 is 0 Å². The largest absolute Gasteiger partial charge is 0.268 e. The van der Waals surface area contributed by atoms with Crippen LogP contribution in [0.25, 0.3) is 0 Å². The lowest BCUT2D eigenvalue weighted by atomic mass is 9.54. The second kappa shape index (κ2) is 3.70. The summed E-state index contributed by atoms with van der Waals surface area (Å²) < 4.78 is 3.05. The molecular weight excluding hydrogens is 298 g/mol. The van der Waals surface area contributed by atoms with Crippen LogP contribution in [-0.4, -0.2) is 3.96 Å². The Morgan fingerprint density at radius 2 is 1.71 bits per heavy atom. The first kappa shape index (κ1) is 10.8. The average molecular weight is 314 g/mol. The molecule has 4 aliphatic carbocycles. The zero-order chi connectivity index (χ0) is 11.6. The highest BCUT2D eigenvalue weighted by Crippen LogP contribution is 2.58. The Hall–Kier alpha value is -0.0900. The van der Waals surface area contributed by atoms with Crippen molar-refractivity contribution in [2.45, 2.75) is 38.1 Å². The number of rotatable bonds is 1. The van der Waals surface area contributed by atoms with Crippen LogP contribution < -0.4 is 5.56 Å². The topological polar surface area (TPSA) is 22.0 Å². The molecule has 4 heteroatoms. The fourth-order valence-electron chi connectivity index (χ4n) is 4.81. The number of aromatic nitrogens is 1. The third kappa shape index (κ3) is 1.60. The SMILES string of the molecule is O=c1cc(Br)sn1C1C2CC3CC(C2)CC1C3. The Labute approximate surface area is 113 Å². The third-order valence-corrected chi connectivity index (χ3v) is 6.66. The van der Waals surface area contributed by atoms with Crippen LogP contribution in [0.15, 0.2) is 14.6 Å². The standard InChI is InChI=1S/C13H16BrNOS/c14-11-6-12(16)15(17-11)13-9-2-7-1-8(4-9)5-10(13)3-7/h6-10,13H,1-5H2. The minimum Gasteiger partial charge on any atom is -0.268 e. The van der Waals surface area contributed by atoms with Gasteiger partial charge in [0.25, 0.3) is 5.56 Å². The van der Waals surface area contributed by atoms with Gasteiger partial charge in [0, 0.05) is 6.07 Å². The molecule has 4 bridgehead atoms. The van der Waals surface area contributed by atoms with E-state index >= 15 is 0 Å². The van der Waals surface area contributed by atoms with Crippen LogP contribution in [0.5, 0.6) is 0 Å². The lowest BCUT2D eigenvalue weighted by Gasteiger charge is -2.54. The minimum atomic E-state index is 0.208. The second-order valence-corrected chi connectivity index (χ2v) is 8.52. The highest BCUT2D eigenvalue weighted by molar-refractivity contribution is 9.11. The normalized spacial score (nSPS) is 43.2. The summed E-state index contributed by atoms with van der Waals surface area (Å²) in [5, 5.41) is 0. The summed E-state index contributed by atoms with van der Waals surface area (Å²) in [5.74, 6) is 3.53. The molecule has 0 N–H and O–H groups in total. The van der Waals surface area contributed by atoms with Gasteiger partial charge in [-0.3, -0.25) is 8.75 Å². The van der Waals surface area contributed by atoms with Crippen LogP contribution in [0.2, 0.25) is 0 Å². The summed E-state index contributed by atoms with van der Waals surface area (Å²) in [6.07, 6.45) is 6.97. The van der Waals surface area contributed by atoms with Gasteiger partial charge in [-0.15, -0.1) is 0 Å². The molecule has 4 saturated carbocycles. The second-order valence-electron chi connectivity index (χ2n) is 6.13. The molecule has 1 heterocycles. The van der Waals surface area contributed by atoms with E-state index in [0.29, 0.717) is 6.04 Å². The van der Waals surface area contributed by atoms with Gasteiger partial charge in [-0.05, 0) is 83.2 Å². The molecule has 92 valence electrons. The Kier molecular flexibility index (Phi) is 2.35. The lowest BCUT2D eigenvalue weighted by Crippen LogP contribution is -2.47. The van der Waals surface area contributed by atoms with Crippen molar-refractivity contribution in [2.75, 3.05) is 0 Å². The highest BCUT2D eigenvalue weighted by Gasteiger charge is 2.49. The lowest BCUT2D eigenvalue weighted by molar-refractivity contribution is -0.0262. The van der Waals surface area contributed by atoms with Crippen molar-refractivity contribution >= 4 is 27.5 Å². The van der Waals surface area contributed by atoms with E-state index in [1.807, 2.05) is 0 Å². The van der Waals surface area contributed by atoms with Gasteiger partial charge < -0.3 is 0 Å². The van der Waals surface area contributed by atoms with Crippen molar-refractivity contribution in [1.29, 1.82) is 0 Å². The van der Waals surface area contributed by atoms with Gasteiger partial charge in [0.1, 0.15) is 0 Å². The monoisotopic (exact) mass is 313 g/mol. The summed E-state index contributed by atoms with van der Waals surface area (Å²) in [6, 6.07) is 2.25. The summed E-state index contributed by atoms with van der Waals surface area (Å²) in [7, 11) is 0. The van der Waals surface area contributed by atoms with Crippen LogP contribution in [0.3, 0.4) is 0 Å². The smallest absolute Gasteiger partial charge is 0.262 e. The molecule has 0 amide bonds. The van der Waals surface area contributed by atoms with Gasteiger partial charge in [-0.1, -0.05) is 0 Å². The first-order valence-corrected chi connectivity index (χ1v) is 8.15. The van der Waals surface area contributed by atoms with Crippen LogP contribution in [0, 0.1) is 23.7 Å². The van der Waals surface area contributed by atoms with E-state index in [2.05, 4.69) is 19.9 Å². The molecule has 1 aromatic heterocycles. The van der Waals surface area contributed by atoms with E-state index < -0.39 is 0 Å². The van der Waals surface area contributed by atoms with Gasteiger partial charge in [0.2, 0.25) is 0 Å². The van der Waals surface area contributed by atoms with Crippen LogP contribution >= 0.6 is 27.5 Å². The van der Waals surface area contributed by atoms with Gasteiger partial charge in [0.05, 0.1) is 9.83 Å². The molecule has 0 atom stereocenters. The Morgan fingerprint density at radius 3 is 2.18 bits per heavy atom. The molecule has 2 nitrogen and oxygen atoms in total. The van der Waals surface area contributed by atoms with E-state index in [4.69, 9.17) is 0 Å². The highest BCUT2D eigenvalue weighted by atomic mass is 79.9. The van der Waals surface area contributed by atoms with E-state index in [9.17, 15) is 4.79 Å². The van der Waals surface area contributed by atoms with Gasteiger partial charge >= 0.3 is 0 Å². The van der Waals surface area contributed by atoms with Crippen molar-refractivity contribution in [3.63, 3.8) is 0 Å². The molecule has 0 aliphatic heterocycles. The number of hydrogen-bond donors (Lipinski definition) is 0. The Bertz CT molecular complexity index is 478. The Morgan fingerprint density at radius 1 is 1.12 bits per heavy atom. The number of hydrogen-bond acceptors (Lipinski definition) is 2. The maximum atomic E-state index is 12.0. The number of halogens is 1. The fraction of sp³-hybridized carbons (Fsp3) is 0.769. The van der Waals surface area contributed by atoms with Crippen molar-refractivity contribution in [1.82, 2.24) is 3.96 Å². The molecule has 0 radical (unpaired) electrons.